The molecule has 3 aliphatic carbocycles. The first-order valence-electron chi connectivity index (χ1n) is 6.50. The summed E-state index contributed by atoms with van der Waals surface area (Å²) in [6.07, 6.45) is 5.39. The number of aliphatic hydroxyl groups excluding tert-OH is 1. The molecule has 1 N–H and O–H groups in total. The van der Waals surface area contributed by atoms with E-state index in [1.165, 1.54) is 5.57 Å². The third-order valence-corrected chi connectivity index (χ3v) is 5.06. The van der Waals surface area contributed by atoms with Gasteiger partial charge >= 0.3 is 0 Å². The molecule has 3 aliphatic rings. The van der Waals surface area contributed by atoms with Crippen molar-refractivity contribution in [1.29, 1.82) is 0 Å². The van der Waals surface area contributed by atoms with E-state index in [0.717, 1.165) is 24.8 Å². The van der Waals surface area contributed by atoms with Crippen molar-refractivity contribution < 1.29 is 9.90 Å². The van der Waals surface area contributed by atoms with E-state index in [9.17, 15) is 9.90 Å². The number of fused-ring (bicyclic) bond motifs is 3. The van der Waals surface area contributed by atoms with Crippen LogP contribution in [0.5, 0.6) is 0 Å². The lowest BCUT2D eigenvalue weighted by Crippen LogP contribution is -2.44. The maximum atomic E-state index is 12.4. The smallest absolute Gasteiger partial charge is 0.187 e. The molecule has 0 radical (unpaired) electrons. The Morgan fingerprint density at radius 3 is 2.65 bits per heavy atom. The zero-order valence-electron chi connectivity index (χ0n) is 10.8. The Labute approximate surface area is 102 Å². The molecule has 0 amide bonds. The number of Topliss-reactive ketones (excluding diaryl/α,β-unsaturated/α-hetero) is 1. The normalized spacial score (nSPS) is 38.5. The van der Waals surface area contributed by atoms with E-state index in [1.54, 1.807) is 0 Å². The summed E-state index contributed by atoms with van der Waals surface area (Å²) in [7, 11) is 0. The topological polar surface area (TPSA) is 37.3 Å². The average Bonchev–Trinajstić information content (AvgIpc) is 2.57. The van der Waals surface area contributed by atoms with Gasteiger partial charge in [-0.2, -0.15) is 0 Å². The highest BCUT2D eigenvalue weighted by Crippen LogP contribution is 2.63. The van der Waals surface area contributed by atoms with E-state index >= 15 is 0 Å². The van der Waals surface area contributed by atoms with Crippen molar-refractivity contribution in [2.24, 2.45) is 16.7 Å². The first-order chi connectivity index (χ1) is 7.89. The van der Waals surface area contributed by atoms with Crippen LogP contribution in [0.15, 0.2) is 22.8 Å². The van der Waals surface area contributed by atoms with E-state index in [0.29, 0.717) is 11.5 Å². The van der Waals surface area contributed by atoms with Crippen LogP contribution in [0.3, 0.4) is 0 Å². The molecule has 92 valence electrons. The number of allylic oxidation sites excluding steroid dienone is 3. The molecular formula is C15H20O2. The van der Waals surface area contributed by atoms with Crippen LogP contribution in [0.1, 0.15) is 40.0 Å². The van der Waals surface area contributed by atoms with Crippen molar-refractivity contribution in [2.45, 2.75) is 40.0 Å². The van der Waals surface area contributed by atoms with E-state index in [-0.39, 0.29) is 23.2 Å². The van der Waals surface area contributed by atoms with Gasteiger partial charge in [-0.15, -0.1) is 0 Å². The zero-order valence-corrected chi connectivity index (χ0v) is 10.8. The molecule has 0 spiro atoms. The van der Waals surface area contributed by atoms with Gasteiger partial charge in [0.25, 0.3) is 0 Å². The highest BCUT2D eigenvalue weighted by molar-refractivity contribution is 6.11. The molecule has 0 unspecified atom stereocenters. The molecule has 0 aromatic carbocycles. The summed E-state index contributed by atoms with van der Waals surface area (Å²) in [5.41, 5.74) is 3.20. The van der Waals surface area contributed by atoms with Crippen LogP contribution < -0.4 is 0 Å². The average molecular weight is 232 g/mol. The van der Waals surface area contributed by atoms with Crippen LogP contribution in [0, 0.1) is 16.7 Å². The van der Waals surface area contributed by atoms with Crippen LogP contribution in [-0.4, -0.2) is 17.5 Å². The predicted molar refractivity (Wildman–Crippen MR) is 66.4 cm³/mol. The highest BCUT2D eigenvalue weighted by Gasteiger charge is 2.55. The Kier molecular flexibility index (Phi) is 2.05. The third-order valence-electron chi connectivity index (χ3n) is 5.06. The molecule has 0 aromatic rings. The van der Waals surface area contributed by atoms with Gasteiger partial charge in [-0.25, -0.2) is 0 Å². The lowest BCUT2D eigenvalue weighted by atomic mass is 9.52. The van der Waals surface area contributed by atoms with Crippen molar-refractivity contribution in [3.8, 4) is 0 Å². The number of carbonyl (C=O) groups excluding carboxylic acids is 1. The monoisotopic (exact) mass is 232 g/mol. The fourth-order valence-electron chi connectivity index (χ4n) is 4.01. The van der Waals surface area contributed by atoms with Crippen molar-refractivity contribution in [3.63, 3.8) is 0 Å². The Morgan fingerprint density at radius 1 is 1.41 bits per heavy atom. The lowest BCUT2D eigenvalue weighted by Gasteiger charge is -2.51. The van der Waals surface area contributed by atoms with E-state index in [4.69, 9.17) is 0 Å². The first kappa shape index (κ1) is 11.2. The molecule has 2 heteroatoms. The SMILES string of the molecule is CC1(C)C=C2C(=O)C(CO)=C3CC[C@]3(C)[C@H]2C1. The molecule has 0 saturated heterocycles. The van der Waals surface area contributed by atoms with Crippen molar-refractivity contribution >= 4 is 5.78 Å². The standard InChI is InChI=1S/C15H20O2/c1-14(2)6-9-12(7-14)15(3)5-4-11(15)10(8-16)13(9)17/h6,12,16H,4-5,7-8H2,1-3H3/t12-,15-/m0/s1. The van der Waals surface area contributed by atoms with Crippen molar-refractivity contribution in [3.05, 3.63) is 22.8 Å². The summed E-state index contributed by atoms with van der Waals surface area (Å²) in [6, 6.07) is 0. The molecule has 2 atom stereocenters. The highest BCUT2D eigenvalue weighted by atomic mass is 16.3. The molecule has 1 fully saturated rings. The molecule has 3 rings (SSSR count). The minimum atomic E-state index is -0.0890. The van der Waals surface area contributed by atoms with Crippen molar-refractivity contribution in [2.75, 3.05) is 6.61 Å². The lowest BCUT2D eigenvalue weighted by molar-refractivity contribution is -0.114. The fraction of sp³-hybridized carbons (Fsp3) is 0.667. The minimum Gasteiger partial charge on any atom is -0.392 e. The van der Waals surface area contributed by atoms with Crippen LogP contribution >= 0.6 is 0 Å². The fourth-order valence-corrected chi connectivity index (χ4v) is 4.01. The van der Waals surface area contributed by atoms with Gasteiger partial charge in [0.1, 0.15) is 0 Å². The second-order valence-electron chi connectivity index (χ2n) is 6.71. The van der Waals surface area contributed by atoms with E-state index < -0.39 is 0 Å². The van der Waals surface area contributed by atoms with Gasteiger partial charge in [-0.1, -0.05) is 32.4 Å². The summed E-state index contributed by atoms with van der Waals surface area (Å²) in [5, 5.41) is 9.44. The summed E-state index contributed by atoms with van der Waals surface area (Å²) < 4.78 is 0. The molecule has 1 saturated carbocycles. The Hall–Kier alpha value is -0.890. The Bertz CT molecular complexity index is 467. The molecule has 2 nitrogen and oxygen atoms in total. The van der Waals surface area contributed by atoms with Crippen LogP contribution in [0.25, 0.3) is 0 Å². The molecule has 17 heavy (non-hydrogen) atoms. The van der Waals surface area contributed by atoms with E-state index in [2.05, 4.69) is 26.8 Å². The molecule has 0 heterocycles. The van der Waals surface area contributed by atoms with Crippen LogP contribution in [0.4, 0.5) is 0 Å². The molecule has 0 aromatic heterocycles. The van der Waals surface area contributed by atoms with Gasteiger partial charge < -0.3 is 5.11 Å². The second kappa shape index (κ2) is 3.11. The number of ketones is 1. The number of hydrogen-bond acceptors (Lipinski definition) is 2. The zero-order chi connectivity index (χ0) is 12.4. The maximum Gasteiger partial charge on any atom is 0.187 e. The number of aliphatic hydroxyl groups is 1. The second-order valence-corrected chi connectivity index (χ2v) is 6.71. The largest absolute Gasteiger partial charge is 0.392 e. The first-order valence-corrected chi connectivity index (χ1v) is 6.50. The van der Waals surface area contributed by atoms with E-state index in [1.807, 2.05) is 0 Å². The number of hydrogen-bond donors (Lipinski definition) is 1. The molecule has 0 bridgehead atoms. The summed E-state index contributed by atoms with van der Waals surface area (Å²) >= 11 is 0. The van der Waals surface area contributed by atoms with Crippen molar-refractivity contribution in [1.82, 2.24) is 0 Å². The maximum absolute atomic E-state index is 12.4. The Balaban J connectivity index is 2.14. The minimum absolute atomic E-state index is 0.0890. The summed E-state index contributed by atoms with van der Waals surface area (Å²) in [5.74, 6) is 0.513. The van der Waals surface area contributed by atoms with Gasteiger partial charge in [0.15, 0.2) is 5.78 Å². The van der Waals surface area contributed by atoms with Gasteiger partial charge in [0, 0.05) is 11.1 Å². The third kappa shape index (κ3) is 1.28. The Morgan fingerprint density at radius 2 is 2.12 bits per heavy atom. The number of rotatable bonds is 1. The predicted octanol–water partition coefficient (Wildman–Crippen LogP) is 2.63. The van der Waals surface area contributed by atoms with Gasteiger partial charge in [0.2, 0.25) is 0 Å². The van der Waals surface area contributed by atoms with Gasteiger partial charge in [-0.05, 0) is 36.0 Å². The van der Waals surface area contributed by atoms with Gasteiger partial charge in [-0.3, -0.25) is 4.79 Å². The molecule has 0 aliphatic heterocycles. The number of carbonyl (C=O) groups is 1. The quantitative estimate of drug-likeness (QED) is 0.754. The van der Waals surface area contributed by atoms with Crippen LogP contribution in [0.2, 0.25) is 0 Å². The van der Waals surface area contributed by atoms with Gasteiger partial charge in [0.05, 0.1) is 6.61 Å². The summed E-state index contributed by atoms with van der Waals surface area (Å²) in [4.78, 5) is 12.4. The summed E-state index contributed by atoms with van der Waals surface area (Å²) in [6.45, 7) is 6.58. The molecular weight excluding hydrogens is 212 g/mol. The van der Waals surface area contributed by atoms with Crippen LogP contribution in [-0.2, 0) is 4.79 Å².